The van der Waals surface area contributed by atoms with Gasteiger partial charge in [0.2, 0.25) is 11.7 Å². The first-order chi connectivity index (χ1) is 13.2. The summed E-state index contributed by atoms with van der Waals surface area (Å²) in [6.45, 7) is 0.628. The molecule has 4 aromatic rings. The Bertz CT molecular complexity index is 1020. The molecule has 4 rings (SSSR count). The van der Waals surface area contributed by atoms with Gasteiger partial charge in [-0.2, -0.15) is 10.1 Å². The van der Waals surface area contributed by atoms with E-state index < -0.39 is 0 Å². The molecule has 0 radical (unpaired) electrons. The van der Waals surface area contributed by atoms with Crippen LogP contribution in [0.2, 0.25) is 0 Å². The average Bonchev–Trinajstić information content (AvgIpc) is 3.44. The Morgan fingerprint density at radius 1 is 1.22 bits per heavy atom. The minimum Gasteiger partial charge on any atom is -0.454 e. The molecular weight excluding hydrogens is 348 g/mol. The first-order valence-corrected chi connectivity index (χ1v) is 8.23. The second-order valence-electron chi connectivity index (χ2n) is 5.88. The lowest BCUT2D eigenvalue weighted by Gasteiger charge is -2.12. The highest BCUT2D eigenvalue weighted by Gasteiger charge is 2.19. The van der Waals surface area contributed by atoms with Crippen LogP contribution in [0.4, 0.5) is 0 Å². The maximum Gasteiger partial charge on any atom is 0.289 e. The van der Waals surface area contributed by atoms with Gasteiger partial charge in [-0.25, -0.2) is 0 Å². The number of carbonyl (C=O) groups is 1. The van der Waals surface area contributed by atoms with Crippen LogP contribution in [-0.4, -0.2) is 42.8 Å². The topological polar surface area (TPSA) is 103 Å². The van der Waals surface area contributed by atoms with Crippen LogP contribution in [0.1, 0.15) is 22.2 Å². The van der Waals surface area contributed by atoms with Crippen molar-refractivity contribution >= 4 is 5.91 Å². The van der Waals surface area contributed by atoms with Gasteiger partial charge in [0.05, 0.1) is 6.54 Å². The number of carbonyl (C=O) groups excluding carboxylic acids is 1. The van der Waals surface area contributed by atoms with Crippen LogP contribution >= 0.6 is 0 Å². The molecule has 0 saturated heterocycles. The Hall–Kier alpha value is -3.75. The zero-order chi connectivity index (χ0) is 18.6. The molecule has 0 saturated carbocycles. The van der Waals surface area contributed by atoms with E-state index in [-0.39, 0.29) is 18.2 Å². The third kappa shape index (κ3) is 3.76. The van der Waals surface area contributed by atoms with E-state index >= 15 is 0 Å². The molecule has 1 amide bonds. The molecule has 0 atom stereocenters. The summed E-state index contributed by atoms with van der Waals surface area (Å²) in [4.78, 5) is 22.3. The molecule has 0 aliphatic heterocycles. The van der Waals surface area contributed by atoms with Crippen molar-refractivity contribution in [2.45, 2.75) is 13.1 Å². The van der Waals surface area contributed by atoms with E-state index in [1.807, 2.05) is 18.3 Å². The van der Waals surface area contributed by atoms with E-state index in [9.17, 15) is 4.79 Å². The van der Waals surface area contributed by atoms with E-state index in [0.717, 1.165) is 5.56 Å². The fourth-order valence-corrected chi connectivity index (χ4v) is 2.53. The molecule has 9 nitrogen and oxygen atoms in total. The Morgan fingerprint density at radius 2 is 2.15 bits per heavy atom. The minimum absolute atomic E-state index is 0.168. The summed E-state index contributed by atoms with van der Waals surface area (Å²) >= 11 is 0. The minimum atomic E-state index is -0.275. The summed E-state index contributed by atoms with van der Waals surface area (Å²) < 4.78 is 12.6. The van der Waals surface area contributed by atoms with Crippen molar-refractivity contribution in [1.29, 1.82) is 0 Å². The van der Waals surface area contributed by atoms with Gasteiger partial charge in [0.1, 0.15) is 12.3 Å². The van der Waals surface area contributed by atoms with Gasteiger partial charge in [0, 0.05) is 37.4 Å². The molecule has 0 aliphatic rings. The molecule has 0 fully saturated rings. The van der Waals surface area contributed by atoms with Crippen molar-refractivity contribution < 1.29 is 13.7 Å². The fraction of sp³-hybridized carbons (Fsp3) is 0.167. The lowest BCUT2D eigenvalue weighted by atomic mass is 10.3. The van der Waals surface area contributed by atoms with Crippen molar-refractivity contribution in [2.75, 3.05) is 7.05 Å². The molecular formula is C18H16N6O3. The molecule has 0 unspecified atom stereocenters. The van der Waals surface area contributed by atoms with Crippen LogP contribution in [0.5, 0.6) is 0 Å². The number of rotatable bonds is 6. The van der Waals surface area contributed by atoms with Gasteiger partial charge in [-0.1, -0.05) is 5.16 Å². The van der Waals surface area contributed by atoms with Crippen LogP contribution in [0.25, 0.3) is 11.4 Å². The van der Waals surface area contributed by atoms with E-state index in [1.54, 1.807) is 48.5 Å². The Morgan fingerprint density at radius 3 is 2.93 bits per heavy atom. The van der Waals surface area contributed by atoms with Crippen molar-refractivity contribution in [3.05, 3.63) is 72.5 Å². The zero-order valence-electron chi connectivity index (χ0n) is 14.5. The van der Waals surface area contributed by atoms with Gasteiger partial charge in [-0.3, -0.25) is 14.5 Å². The predicted octanol–water partition coefficient (Wildman–Crippen LogP) is 2.24. The second kappa shape index (κ2) is 7.24. The number of hydrogen-bond donors (Lipinski definition) is 0. The highest BCUT2D eigenvalue weighted by atomic mass is 16.5. The normalized spacial score (nSPS) is 10.9. The molecule has 9 heteroatoms. The van der Waals surface area contributed by atoms with Gasteiger partial charge in [0.15, 0.2) is 5.76 Å². The number of amides is 1. The predicted molar refractivity (Wildman–Crippen MR) is 93.4 cm³/mol. The number of pyridine rings is 1. The molecule has 0 aromatic carbocycles. The monoisotopic (exact) mass is 364 g/mol. The fourth-order valence-electron chi connectivity index (χ4n) is 2.53. The SMILES string of the molecule is CN(Cc1nc(-c2cccnc2)no1)C(=O)c1ccc(Cn2cccn2)o1. The summed E-state index contributed by atoms with van der Waals surface area (Å²) in [6, 6.07) is 8.86. The lowest BCUT2D eigenvalue weighted by molar-refractivity contribution is 0.0735. The highest BCUT2D eigenvalue weighted by Crippen LogP contribution is 2.16. The molecule has 27 heavy (non-hydrogen) atoms. The van der Waals surface area contributed by atoms with E-state index in [2.05, 4.69) is 20.2 Å². The summed E-state index contributed by atoms with van der Waals surface area (Å²) in [5.41, 5.74) is 0.746. The average molecular weight is 364 g/mol. The number of hydrogen-bond acceptors (Lipinski definition) is 7. The summed E-state index contributed by atoms with van der Waals surface area (Å²) in [7, 11) is 1.64. The molecule has 0 N–H and O–H groups in total. The van der Waals surface area contributed by atoms with Crippen LogP contribution in [0, 0.1) is 0 Å². The maximum absolute atomic E-state index is 12.6. The quantitative estimate of drug-likeness (QED) is 0.517. The lowest BCUT2D eigenvalue weighted by Crippen LogP contribution is -2.26. The van der Waals surface area contributed by atoms with Gasteiger partial charge in [-0.15, -0.1) is 0 Å². The van der Waals surface area contributed by atoms with E-state index in [4.69, 9.17) is 8.94 Å². The Labute approximate surface area is 154 Å². The Balaban J connectivity index is 1.41. The zero-order valence-corrected chi connectivity index (χ0v) is 14.5. The molecule has 4 heterocycles. The van der Waals surface area contributed by atoms with Gasteiger partial charge < -0.3 is 13.8 Å². The van der Waals surface area contributed by atoms with Crippen molar-refractivity contribution in [3.63, 3.8) is 0 Å². The molecule has 0 spiro atoms. The van der Waals surface area contributed by atoms with E-state index in [0.29, 0.717) is 24.0 Å². The van der Waals surface area contributed by atoms with Crippen molar-refractivity contribution in [1.82, 2.24) is 29.8 Å². The van der Waals surface area contributed by atoms with Crippen molar-refractivity contribution in [3.8, 4) is 11.4 Å². The summed E-state index contributed by atoms with van der Waals surface area (Å²) in [5.74, 6) is 1.37. The van der Waals surface area contributed by atoms with E-state index in [1.165, 1.54) is 4.90 Å². The number of furan rings is 1. The Kier molecular flexibility index (Phi) is 4.48. The van der Waals surface area contributed by atoms with Crippen molar-refractivity contribution in [2.24, 2.45) is 0 Å². The van der Waals surface area contributed by atoms with Crippen LogP contribution in [0.15, 0.2) is 64.1 Å². The first kappa shape index (κ1) is 16.7. The third-order valence-electron chi connectivity index (χ3n) is 3.86. The van der Waals surface area contributed by atoms with Gasteiger partial charge in [-0.05, 0) is 30.3 Å². The third-order valence-corrected chi connectivity index (χ3v) is 3.86. The largest absolute Gasteiger partial charge is 0.454 e. The first-order valence-electron chi connectivity index (χ1n) is 8.23. The van der Waals surface area contributed by atoms with Crippen LogP contribution in [0.3, 0.4) is 0 Å². The molecule has 0 aliphatic carbocycles. The summed E-state index contributed by atoms with van der Waals surface area (Å²) in [5, 5.41) is 8.03. The number of aromatic nitrogens is 5. The molecule has 4 aromatic heterocycles. The number of nitrogens with zero attached hydrogens (tertiary/aromatic N) is 6. The smallest absolute Gasteiger partial charge is 0.289 e. The molecule has 136 valence electrons. The standard InChI is InChI=1S/C18H16N6O3/c1-23(12-16-21-17(22-27-16)13-4-2-7-19-10-13)18(25)15-6-5-14(26-15)11-24-9-3-8-20-24/h2-10H,11-12H2,1H3. The molecule has 0 bridgehead atoms. The van der Waals surface area contributed by atoms with Gasteiger partial charge in [0.25, 0.3) is 5.91 Å². The maximum atomic E-state index is 12.6. The second-order valence-corrected chi connectivity index (χ2v) is 5.88. The van der Waals surface area contributed by atoms with Crippen LogP contribution < -0.4 is 0 Å². The van der Waals surface area contributed by atoms with Gasteiger partial charge >= 0.3 is 0 Å². The highest BCUT2D eigenvalue weighted by molar-refractivity contribution is 5.91. The van der Waals surface area contributed by atoms with Crippen LogP contribution in [-0.2, 0) is 13.1 Å². The summed E-state index contributed by atoms with van der Waals surface area (Å²) in [6.07, 6.45) is 6.83.